The fraction of sp³-hybridized carbons (Fsp3) is 0.222. The van der Waals surface area contributed by atoms with E-state index >= 15 is 0 Å². The second-order valence-corrected chi connectivity index (χ2v) is 7.81. The highest BCUT2D eigenvalue weighted by Crippen LogP contribution is 2.27. The molecule has 0 heterocycles. The van der Waals surface area contributed by atoms with Crippen molar-refractivity contribution in [1.82, 2.24) is 9.73 Å². The Bertz CT molecular complexity index is 940. The van der Waals surface area contributed by atoms with Crippen LogP contribution in [0.1, 0.15) is 11.1 Å². The number of aryl methyl sites for hydroxylation is 1. The van der Waals surface area contributed by atoms with Crippen molar-refractivity contribution in [3.05, 3.63) is 53.6 Å². The molecule has 2 rings (SSSR count). The second-order valence-electron chi connectivity index (χ2n) is 5.80. The predicted octanol–water partition coefficient (Wildman–Crippen LogP) is 1.48. The summed E-state index contributed by atoms with van der Waals surface area (Å²) < 4.78 is 31.5. The van der Waals surface area contributed by atoms with Crippen LogP contribution in [0.4, 0.5) is 0 Å². The molecular weight excluding hydrogens is 370 g/mol. The number of likely N-dealkylation sites (N-methyl/N-ethyl adjacent to an activating group) is 1. The van der Waals surface area contributed by atoms with Crippen LogP contribution in [0.15, 0.2) is 52.5 Å². The van der Waals surface area contributed by atoms with Crippen LogP contribution in [0, 0.1) is 6.92 Å². The molecule has 0 fully saturated rings. The van der Waals surface area contributed by atoms with Crippen LogP contribution in [-0.4, -0.2) is 50.7 Å². The molecule has 0 saturated heterocycles. The van der Waals surface area contributed by atoms with Crippen molar-refractivity contribution < 1.29 is 23.1 Å². The van der Waals surface area contributed by atoms with Crippen molar-refractivity contribution in [2.75, 3.05) is 20.7 Å². The summed E-state index contributed by atoms with van der Waals surface area (Å²) >= 11 is 0. The lowest BCUT2D eigenvalue weighted by atomic mass is 10.2. The molecule has 2 aromatic rings. The highest BCUT2D eigenvalue weighted by atomic mass is 32.2. The molecule has 0 aliphatic rings. The lowest BCUT2D eigenvalue weighted by molar-refractivity contribution is -0.121. The van der Waals surface area contributed by atoms with Crippen molar-refractivity contribution in [3.63, 3.8) is 0 Å². The van der Waals surface area contributed by atoms with E-state index in [1.807, 2.05) is 0 Å². The smallest absolute Gasteiger partial charge is 0.255 e. The Morgan fingerprint density at radius 2 is 1.93 bits per heavy atom. The number of nitrogens with zero attached hydrogens (tertiary/aromatic N) is 2. The van der Waals surface area contributed by atoms with Crippen LogP contribution in [0.3, 0.4) is 0 Å². The van der Waals surface area contributed by atoms with E-state index in [1.165, 1.54) is 38.6 Å². The molecule has 0 aliphatic heterocycles. The van der Waals surface area contributed by atoms with Crippen LogP contribution >= 0.6 is 0 Å². The first-order valence-corrected chi connectivity index (χ1v) is 9.40. The Morgan fingerprint density at radius 3 is 2.56 bits per heavy atom. The molecule has 0 spiro atoms. The van der Waals surface area contributed by atoms with E-state index in [9.17, 15) is 18.3 Å². The van der Waals surface area contributed by atoms with E-state index in [1.54, 1.807) is 31.2 Å². The summed E-state index contributed by atoms with van der Waals surface area (Å²) in [5.41, 5.74) is 3.69. The predicted molar refractivity (Wildman–Crippen MR) is 101 cm³/mol. The number of hydrogen-bond donors (Lipinski definition) is 2. The van der Waals surface area contributed by atoms with Gasteiger partial charge in [-0.05, 0) is 54.4 Å². The molecule has 2 aromatic carbocycles. The minimum atomic E-state index is -3.91. The van der Waals surface area contributed by atoms with Gasteiger partial charge in [-0.3, -0.25) is 4.79 Å². The summed E-state index contributed by atoms with van der Waals surface area (Å²) in [6.07, 6.45) is 1.38. The fourth-order valence-corrected chi connectivity index (χ4v) is 3.58. The maximum absolute atomic E-state index is 12.7. The zero-order chi connectivity index (χ0) is 20.0. The lowest BCUT2D eigenvalue weighted by Crippen LogP contribution is -2.36. The Labute approximate surface area is 158 Å². The number of benzene rings is 2. The molecule has 144 valence electrons. The van der Waals surface area contributed by atoms with Gasteiger partial charge in [0, 0.05) is 7.05 Å². The number of phenolic OH excluding ortho intramolecular Hbond substituents is 1. The lowest BCUT2D eigenvalue weighted by Gasteiger charge is -2.18. The van der Waals surface area contributed by atoms with Crippen molar-refractivity contribution in [3.8, 4) is 11.5 Å². The summed E-state index contributed by atoms with van der Waals surface area (Å²) in [7, 11) is -1.22. The van der Waals surface area contributed by atoms with Gasteiger partial charge in [0.25, 0.3) is 5.91 Å². The molecule has 0 unspecified atom stereocenters. The fourth-order valence-electron chi connectivity index (χ4n) is 2.22. The van der Waals surface area contributed by atoms with Crippen LogP contribution < -0.4 is 10.2 Å². The molecule has 0 aromatic heterocycles. The Kier molecular flexibility index (Phi) is 6.54. The quantitative estimate of drug-likeness (QED) is 0.549. The van der Waals surface area contributed by atoms with Gasteiger partial charge in [0.05, 0.1) is 19.9 Å². The number of nitrogens with one attached hydrogen (secondary N) is 1. The standard InChI is InChI=1S/C18H21N3O5S/c1-13-4-9-16(26-3)17(10-13)27(24,25)21(2)12-18(23)20-19-11-14-5-7-15(22)8-6-14/h4-11,22H,12H2,1-3H3,(H,20,23)/b19-11+. The number of phenols is 1. The zero-order valence-corrected chi connectivity index (χ0v) is 16.0. The number of hydrogen-bond acceptors (Lipinski definition) is 6. The maximum Gasteiger partial charge on any atom is 0.255 e. The van der Waals surface area contributed by atoms with E-state index in [0.29, 0.717) is 5.56 Å². The molecule has 0 saturated carbocycles. The third kappa shape index (κ3) is 5.28. The van der Waals surface area contributed by atoms with Gasteiger partial charge in [-0.25, -0.2) is 13.8 Å². The number of aromatic hydroxyl groups is 1. The number of sulfonamides is 1. The Hall–Kier alpha value is -2.91. The summed E-state index contributed by atoms with van der Waals surface area (Å²) in [6.45, 7) is 1.36. The van der Waals surface area contributed by atoms with E-state index in [-0.39, 0.29) is 16.4 Å². The number of hydrazone groups is 1. The van der Waals surface area contributed by atoms with Crippen LogP contribution in [0.2, 0.25) is 0 Å². The van der Waals surface area contributed by atoms with Gasteiger partial charge in [0.1, 0.15) is 16.4 Å². The average molecular weight is 391 g/mol. The highest BCUT2D eigenvalue weighted by Gasteiger charge is 2.26. The molecule has 9 heteroatoms. The van der Waals surface area contributed by atoms with E-state index in [2.05, 4.69) is 10.5 Å². The van der Waals surface area contributed by atoms with Gasteiger partial charge < -0.3 is 9.84 Å². The van der Waals surface area contributed by atoms with Crippen molar-refractivity contribution in [1.29, 1.82) is 0 Å². The summed E-state index contributed by atoms with van der Waals surface area (Å²) in [5.74, 6) is -0.268. The van der Waals surface area contributed by atoms with Gasteiger partial charge in [-0.1, -0.05) is 6.07 Å². The minimum absolute atomic E-state index is 0.00658. The Morgan fingerprint density at radius 1 is 1.26 bits per heavy atom. The topological polar surface area (TPSA) is 108 Å². The van der Waals surface area contributed by atoms with Gasteiger partial charge >= 0.3 is 0 Å². The van der Waals surface area contributed by atoms with Crippen LogP contribution in [0.25, 0.3) is 0 Å². The van der Waals surface area contributed by atoms with Gasteiger partial charge in [-0.2, -0.15) is 9.41 Å². The zero-order valence-electron chi connectivity index (χ0n) is 15.2. The molecule has 0 radical (unpaired) electrons. The second kappa shape index (κ2) is 8.65. The molecule has 1 amide bonds. The van der Waals surface area contributed by atoms with E-state index in [4.69, 9.17) is 4.74 Å². The maximum atomic E-state index is 12.7. The average Bonchev–Trinajstić information content (AvgIpc) is 2.63. The molecule has 0 aliphatic carbocycles. The minimum Gasteiger partial charge on any atom is -0.508 e. The number of amides is 1. The number of ether oxygens (including phenoxy) is 1. The SMILES string of the molecule is COc1ccc(C)cc1S(=O)(=O)N(C)CC(=O)N/N=C/c1ccc(O)cc1. The number of methoxy groups -OCH3 is 1. The van der Waals surface area contributed by atoms with Crippen molar-refractivity contribution >= 4 is 22.1 Å². The number of carbonyl (C=O) groups is 1. The molecule has 27 heavy (non-hydrogen) atoms. The van der Waals surface area contributed by atoms with E-state index in [0.717, 1.165) is 9.87 Å². The number of carbonyl (C=O) groups excluding carboxylic acids is 1. The Balaban J connectivity index is 2.04. The third-order valence-corrected chi connectivity index (χ3v) is 5.49. The molecule has 2 N–H and O–H groups in total. The van der Waals surface area contributed by atoms with Crippen LogP contribution in [-0.2, 0) is 14.8 Å². The van der Waals surface area contributed by atoms with Gasteiger partial charge in [0.15, 0.2) is 0 Å². The number of rotatable bonds is 7. The summed E-state index contributed by atoms with van der Waals surface area (Å²) in [4.78, 5) is 12.0. The molecule has 0 atom stereocenters. The summed E-state index contributed by atoms with van der Waals surface area (Å²) in [5, 5.41) is 13.0. The first kappa shape index (κ1) is 20.4. The van der Waals surface area contributed by atoms with E-state index < -0.39 is 22.5 Å². The molecular formula is C18H21N3O5S. The third-order valence-electron chi connectivity index (χ3n) is 3.67. The normalized spacial score (nSPS) is 11.7. The van der Waals surface area contributed by atoms with Gasteiger partial charge in [-0.15, -0.1) is 0 Å². The summed E-state index contributed by atoms with van der Waals surface area (Å²) in [6, 6.07) is 11.0. The van der Waals surface area contributed by atoms with Crippen molar-refractivity contribution in [2.24, 2.45) is 5.10 Å². The monoisotopic (exact) mass is 391 g/mol. The van der Waals surface area contributed by atoms with Crippen LogP contribution in [0.5, 0.6) is 11.5 Å². The largest absolute Gasteiger partial charge is 0.508 e. The van der Waals surface area contributed by atoms with Gasteiger partial charge in [0.2, 0.25) is 10.0 Å². The first-order chi connectivity index (χ1) is 12.7. The molecule has 0 bridgehead atoms. The highest BCUT2D eigenvalue weighted by molar-refractivity contribution is 7.89. The van der Waals surface area contributed by atoms with Crippen molar-refractivity contribution in [2.45, 2.75) is 11.8 Å². The first-order valence-electron chi connectivity index (χ1n) is 7.96. The molecule has 8 nitrogen and oxygen atoms in total.